The fourth-order valence-electron chi connectivity index (χ4n) is 11.5. The second-order valence-corrected chi connectivity index (χ2v) is 18.6. The minimum absolute atomic E-state index is 0.0203. The average molecular weight is 734 g/mol. The van der Waals surface area contributed by atoms with E-state index in [9.17, 15) is 20.1 Å². The molecule has 2 saturated carbocycles. The highest BCUT2D eigenvalue weighted by Crippen LogP contribution is 2.67. The molecule has 9 atom stereocenters. The topological polar surface area (TPSA) is 108 Å². The Balaban J connectivity index is 1.25. The Morgan fingerprint density at radius 2 is 1.78 bits per heavy atom. The fourth-order valence-corrected chi connectivity index (χ4v) is 11.5. The molecule has 8 rings (SSSR count). The van der Waals surface area contributed by atoms with Crippen molar-refractivity contribution in [3.8, 4) is 17.2 Å². The molecule has 0 aromatic heterocycles. The zero-order chi connectivity index (χ0) is 38.6. The zero-order valence-electron chi connectivity index (χ0n) is 33.6. The zero-order valence-corrected chi connectivity index (χ0v) is 33.6. The molecule has 0 radical (unpaired) electrons. The smallest absolute Gasteiger partial charge is 0.217 e. The standard InChI is InChI=1S/C47H59NO6/c1-24(2)16-19-53-36-22-35(51)39-41-38(36)28(7)20-34(50)40(41)44-42(43(39)52)48-47-23-29(49)14-18-46(47,9)33-15-17-45(8)31(27(6)11-10-26(5)25(3)4)12-13-32(45)30(33)21-37(47)54-44/h10-11,15-16,20-22,25-27,29,31-32,37,48-51H,12-14,17-19,23H2,1-9H3/b11-10+/t26-,27+,29-,31+,32-,37-,45+,46+,47-/m0/s1. The summed E-state index contributed by atoms with van der Waals surface area (Å²) >= 11 is 0. The molecule has 1 heterocycles. The molecule has 6 aliphatic rings. The van der Waals surface area contributed by atoms with E-state index in [-0.39, 0.29) is 34.0 Å². The monoisotopic (exact) mass is 733 g/mol. The summed E-state index contributed by atoms with van der Waals surface area (Å²) in [6.45, 7) is 20.2. The van der Waals surface area contributed by atoms with Gasteiger partial charge in [0, 0.05) is 28.7 Å². The lowest BCUT2D eigenvalue weighted by Gasteiger charge is -2.63. The van der Waals surface area contributed by atoms with Gasteiger partial charge in [0.05, 0.1) is 22.8 Å². The number of phenols is 2. The van der Waals surface area contributed by atoms with Crippen LogP contribution in [0, 0.1) is 47.3 Å². The number of carbonyl (C=O) groups excluding carboxylic acids is 1. The number of rotatable bonds is 7. The summed E-state index contributed by atoms with van der Waals surface area (Å²) in [5, 5.41) is 39.4. The number of phenolic OH excluding ortho intramolecular Hbond substituents is 2. The first-order valence-electron chi connectivity index (χ1n) is 20.3. The van der Waals surface area contributed by atoms with E-state index in [0.29, 0.717) is 76.9 Å². The number of carbonyl (C=O) groups is 1. The van der Waals surface area contributed by atoms with Crippen LogP contribution >= 0.6 is 0 Å². The Morgan fingerprint density at radius 1 is 1.04 bits per heavy atom. The Hall–Kier alpha value is -3.97. The largest absolute Gasteiger partial charge is 0.507 e. The molecule has 0 saturated heterocycles. The molecule has 4 N–H and O–H groups in total. The van der Waals surface area contributed by atoms with Crippen LogP contribution in [0.4, 0.5) is 0 Å². The van der Waals surface area contributed by atoms with E-state index in [1.165, 1.54) is 23.6 Å². The first kappa shape index (κ1) is 37.0. The third-order valence-corrected chi connectivity index (χ3v) is 14.9. The maximum atomic E-state index is 14.7. The number of fused-ring (bicyclic) bond motifs is 5. The number of aryl methyl sites for hydroxylation is 1. The van der Waals surface area contributed by atoms with E-state index in [4.69, 9.17) is 9.47 Å². The second kappa shape index (κ2) is 12.8. The molecule has 7 heteroatoms. The molecule has 0 bridgehead atoms. The van der Waals surface area contributed by atoms with E-state index >= 15 is 0 Å². The van der Waals surface area contributed by atoms with Gasteiger partial charge in [0.15, 0.2) is 5.76 Å². The molecule has 1 aliphatic heterocycles. The van der Waals surface area contributed by atoms with Crippen molar-refractivity contribution < 1.29 is 29.6 Å². The molecule has 0 unspecified atom stereocenters. The third-order valence-electron chi connectivity index (χ3n) is 14.9. The van der Waals surface area contributed by atoms with Crippen LogP contribution in [-0.2, 0) is 4.74 Å². The number of aromatic hydroxyl groups is 2. The van der Waals surface area contributed by atoms with Crippen molar-refractivity contribution in [2.24, 2.45) is 40.4 Å². The first-order chi connectivity index (χ1) is 25.5. The Bertz CT molecular complexity index is 2100. The maximum absolute atomic E-state index is 14.7. The SMILES string of the molecule is CC(C)=CCOc1cc(O)c2c3c(c(O)cc(C)c13)C1=C(N[C@]34C[C@@H](O)CC[C@]3(C)C3=CC[C@]5(C)[C@@H]([C@H](C)/C=C/[C@H](C)C(C)C)CC[C@H]5C3=C[C@@H]4O1)C2=O. The molecule has 2 aromatic rings. The van der Waals surface area contributed by atoms with Gasteiger partial charge >= 0.3 is 0 Å². The van der Waals surface area contributed by atoms with Crippen molar-refractivity contribution in [3.63, 3.8) is 0 Å². The van der Waals surface area contributed by atoms with E-state index in [1.807, 2.05) is 26.8 Å². The maximum Gasteiger partial charge on any atom is 0.217 e. The highest BCUT2D eigenvalue weighted by Gasteiger charge is 2.66. The van der Waals surface area contributed by atoms with Gasteiger partial charge in [0.1, 0.15) is 35.7 Å². The van der Waals surface area contributed by atoms with Crippen molar-refractivity contribution in [2.75, 3.05) is 6.61 Å². The van der Waals surface area contributed by atoms with Gasteiger partial charge in [-0.3, -0.25) is 4.79 Å². The summed E-state index contributed by atoms with van der Waals surface area (Å²) in [4.78, 5) is 14.7. The number of nitrogens with one attached hydrogen (secondary N) is 1. The van der Waals surface area contributed by atoms with Crippen molar-refractivity contribution in [3.05, 3.63) is 81.6 Å². The van der Waals surface area contributed by atoms with Crippen molar-refractivity contribution >= 4 is 22.3 Å². The number of aliphatic hydroxyl groups is 1. The van der Waals surface area contributed by atoms with Crippen LogP contribution in [0.25, 0.3) is 16.5 Å². The van der Waals surface area contributed by atoms with Crippen LogP contribution in [0.15, 0.2) is 64.9 Å². The van der Waals surface area contributed by atoms with Gasteiger partial charge in [0.2, 0.25) is 5.78 Å². The van der Waals surface area contributed by atoms with E-state index < -0.39 is 23.2 Å². The van der Waals surface area contributed by atoms with Crippen LogP contribution in [0.2, 0.25) is 0 Å². The molecular formula is C47H59NO6. The lowest BCUT2D eigenvalue weighted by molar-refractivity contribution is -0.0691. The molecular weight excluding hydrogens is 675 g/mol. The summed E-state index contributed by atoms with van der Waals surface area (Å²) in [5.41, 5.74) is 4.09. The summed E-state index contributed by atoms with van der Waals surface area (Å²) < 4.78 is 13.4. The minimum Gasteiger partial charge on any atom is -0.507 e. The number of ketones is 1. The summed E-state index contributed by atoms with van der Waals surface area (Å²) in [6, 6.07) is 3.21. The Labute approximate surface area is 320 Å². The first-order valence-corrected chi connectivity index (χ1v) is 20.3. The van der Waals surface area contributed by atoms with Crippen LogP contribution < -0.4 is 10.1 Å². The molecule has 288 valence electrons. The average Bonchev–Trinajstić information content (AvgIpc) is 3.46. The number of benzene rings is 2. The second-order valence-electron chi connectivity index (χ2n) is 18.6. The van der Waals surface area contributed by atoms with Gasteiger partial charge in [-0.2, -0.15) is 0 Å². The van der Waals surface area contributed by atoms with Crippen LogP contribution in [0.1, 0.15) is 115 Å². The third kappa shape index (κ3) is 5.19. The van der Waals surface area contributed by atoms with Crippen LogP contribution in [-0.4, -0.2) is 45.5 Å². The van der Waals surface area contributed by atoms with Crippen LogP contribution in [0.5, 0.6) is 17.2 Å². The van der Waals surface area contributed by atoms with Gasteiger partial charge in [-0.1, -0.05) is 65.3 Å². The van der Waals surface area contributed by atoms with Crippen molar-refractivity contribution in [1.82, 2.24) is 5.32 Å². The lowest BCUT2D eigenvalue weighted by Crippen LogP contribution is -2.72. The molecule has 1 spiro atoms. The number of allylic oxidation sites excluding steroid dienone is 6. The van der Waals surface area contributed by atoms with Crippen LogP contribution in [0.3, 0.4) is 0 Å². The van der Waals surface area contributed by atoms with Gasteiger partial charge in [-0.05, 0) is 123 Å². The molecule has 2 aromatic carbocycles. The number of hydrogen-bond acceptors (Lipinski definition) is 7. The quantitative estimate of drug-likeness (QED) is 0.210. The molecule has 2 fully saturated rings. The fraction of sp³-hybridized carbons (Fsp3) is 0.553. The van der Waals surface area contributed by atoms with Gasteiger partial charge in [-0.25, -0.2) is 0 Å². The summed E-state index contributed by atoms with van der Waals surface area (Å²) in [7, 11) is 0. The van der Waals surface area contributed by atoms with E-state index in [2.05, 4.69) is 71.2 Å². The Kier molecular flexibility index (Phi) is 8.76. The predicted molar refractivity (Wildman–Crippen MR) is 214 cm³/mol. The molecule has 5 aliphatic carbocycles. The Morgan fingerprint density at radius 3 is 2.50 bits per heavy atom. The van der Waals surface area contributed by atoms with E-state index in [0.717, 1.165) is 30.4 Å². The summed E-state index contributed by atoms with van der Waals surface area (Å²) in [5.74, 6) is 2.66. The van der Waals surface area contributed by atoms with Crippen molar-refractivity contribution in [1.29, 1.82) is 0 Å². The number of aliphatic hydroxyl groups excluding tert-OH is 1. The highest BCUT2D eigenvalue weighted by molar-refractivity contribution is 6.27. The lowest BCUT2D eigenvalue weighted by atomic mass is 9.47. The minimum atomic E-state index is -0.816. The van der Waals surface area contributed by atoms with Gasteiger partial charge < -0.3 is 30.1 Å². The molecule has 7 nitrogen and oxygen atoms in total. The normalized spacial score (nSPS) is 33.4. The number of ether oxygens (including phenoxy) is 2. The molecule has 0 amide bonds. The highest BCUT2D eigenvalue weighted by atomic mass is 16.5. The number of Topliss-reactive ketones (excluding diaryl/α,β-unsaturated/α-hetero) is 1. The van der Waals surface area contributed by atoms with Gasteiger partial charge in [0.25, 0.3) is 0 Å². The van der Waals surface area contributed by atoms with Crippen molar-refractivity contribution in [2.45, 2.75) is 119 Å². The molecule has 54 heavy (non-hydrogen) atoms. The number of hydrogen-bond donors (Lipinski definition) is 4. The predicted octanol–water partition coefficient (Wildman–Crippen LogP) is 9.83. The van der Waals surface area contributed by atoms with E-state index in [1.54, 1.807) is 6.07 Å². The van der Waals surface area contributed by atoms with Gasteiger partial charge in [-0.15, -0.1) is 0 Å². The summed E-state index contributed by atoms with van der Waals surface area (Å²) in [6.07, 6.45) is 15.7.